The molecule has 0 aliphatic heterocycles. The van der Waals surface area contributed by atoms with E-state index in [-0.39, 0.29) is 0 Å². The molecular weight excluding hydrogens is 218 g/mol. The largest absolute Gasteiger partial charge is 0.330 e. The third kappa shape index (κ3) is 3.35. The van der Waals surface area contributed by atoms with Gasteiger partial charge >= 0.3 is 0 Å². The highest BCUT2D eigenvalue weighted by Gasteiger charge is 2.23. The second-order valence-corrected chi connectivity index (χ2v) is 6.14. The summed E-state index contributed by atoms with van der Waals surface area (Å²) in [4.78, 5) is 0. The summed E-state index contributed by atoms with van der Waals surface area (Å²) >= 11 is 0. The van der Waals surface area contributed by atoms with Crippen molar-refractivity contribution in [3.8, 4) is 0 Å². The Labute approximate surface area is 112 Å². The lowest BCUT2D eigenvalue weighted by molar-refractivity contribution is 0.345. The summed E-state index contributed by atoms with van der Waals surface area (Å²) in [6, 6.07) is 9.16. The van der Waals surface area contributed by atoms with Crippen LogP contribution < -0.4 is 5.73 Å². The monoisotopic (exact) mass is 245 g/mol. The summed E-state index contributed by atoms with van der Waals surface area (Å²) in [5.74, 6) is 2.19. The Morgan fingerprint density at radius 3 is 2.22 bits per heavy atom. The van der Waals surface area contributed by atoms with Crippen molar-refractivity contribution in [3.05, 3.63) is 35.4 Å². The van der Waals surface area contributed by atoms with E-state index in [2.05, 4.69) is 38.1 Å². The van der Waals surface area contributed by atoms with Gasteiger partial charge in [-0.15, -0.1) is 0 Å². The molecule has 18 heavy (non-hydrogen) atoms. The standard InChI is InChI=1S/C17H27N/c1-13(2)15-9-7-14(8-10-15)11-17(12-18)16-5-3-4-6-16/h7-10,13,16-17H,3-6,11-12,18H2,1-2H3. The van der Waals surface area contributed by atoms with Crippen molar-refractivity contribution < 1.29 is 0 Å². The second kappa shape index (κ2) is 6.38. The van der Waals surface area contributed by atoms with Crippen molar-refractivity contribution in [2.45, 2.75) is 51.9 Å². The van der Waals surface area contributed by atoms with Gasteiger partial charge in [0.05, 0.1) is 0 Å². The molecule has 1 aliphatic carbocycles. The maximum atomic E-state index is 5.98. The number of hydrogen-bond acceptors (Lipinski definition) is 1. The van der Waals surface area contributed by atoms with E-state index in [0.29, 0.717) is 11.8 Å². The van der Waals surface area contributed by atoms with Gasteiger partial charge in [0.15, 0.2) is 0 Å². The third-order valence-corrected chi connectivity index (χ3v) is 4.51. The zero-order valence-electron chi connectivity index (χ0n) is 11.9. The quantitative estimate of drug-likeness (QED) is 0.829. The van der Waals surface area contributed by atoms with Crippen LogP contribution >= 0.6 is 0 Å². The van der Waals surface area contributed by atoms with E-state index in [1.54, 1.807) is 0 Å². The van der Waals surface area contributed by atoms with Gasteiger partial charge in [-0.3, -0.25) is 0 Å². The minimum atomic E-state index is 0.624. The lowest BCUT2D eigenvalue weighted by Crippen LogP contribution is -2.23. The lowest BCUT2D eigenvalue weighted by Gasteiger charge is -2.22. The molecule has 1 heteroatoms. The number of benzene rings is 1. The zero-order chi connectivity index (χ0) is 13.0. The van der Waals surface area contributed by atoms with Crippen molar-refractivity contribution in [3.63, 3.8) is 0 Å². The Balaban J connectivity index is 1.98. The summed E-state index contributed by atoms with van der Waals surface area (Å²) in [5.41, 5.74) is 8.87. The normalized spacial score (nSPS) is 18.4. The molecule has 1 atom stereocenters. The van der Waals surface area contributed by atoms with Gasteiger partial charge < -0.3 is 5.73 Å². The van der Waals surface area contributed by atoms with Crippen LogP contribution in [0.5, 0.6) is 0 Å². The molecule has 1 fully saturated rings. The van der Waals surface area contributed by atoms with Gasteiger partial charge in [-0.2, -0.15) is 0 Å². The van der Waals surface area contributed by atoms with Crippen molar-refractivity contribution in [1.29, 1.82) is 0 Å². The van der Waals surface area contributed by atoms with E-state index in [1.165, 1.54) is 43.2 Å². The lowest BCUT2D eigenvalue weighted by atomic mass is 9.85. The minimum absolute atomic E-state index is 0.624. The molecule has 0 bridgehead atoms. The molecule has 2 rings (SSSR count). The van der Waals surface area contributed by atoms with Crippen LogP contribution in [0.1, 0.15) is 56.6 Å². The van der Waals surface area contributed by atoms with Gasteiger partial charge in [0.2, 0.25) is 0 Å². The first-order valence-electron chi connectivity index (χ1n) is 7.49. The average molecular weight is 245 g/mol. The zero-order valence-corrected chi connectivity index (χ0v) is 11.9. The van der Waals surface area contributed by atoms with Crippen molar-refractivity contribution >= 4 is 0 Å². The summed E-state index contributed by atoms with van der Waals surface area (Å²) in [5, 5.41) is 0. The molecule has 1 aromatic carbocycles. The molecule has 0 heterocycles. The fourth-order valence-electron chi connectivity index (χ4n) is 3.21. The highest BCUT2D eigenvalue weighted by molar-refractivity contribution is 5.25. The first-order valence-corrected chi connectivity index (χ1v) is 7.49. The van der Waals surface area contributed by atoms with E-state index < -0.39 is 0 Å². The SMILES string of the molecule is CC(C)c1ccc(CC(CN)C2CCCC2)cc1. The minimum Gasteiger partial charge on any atom is -0.330 e. The first-order chi connectivity index (χ1) is 8.70. The average Bonchev–Trinajstić information content (AvgIpc) is 2.90. The van der Waals surface area contributed by atoms with Gasteiger partial charge in [-0.1, -0.05) is 63.8 Å². The fourth-order valence-corrected chi connectivity index (χ4v) is 3.21. The van der Waals surface area contributed by atoms with Crippen LogP contribution in [0.3, 0.4) is 0 Å². The van der Waals surface area contributed by atoms with Crippen molar-refractivity contribution in [2.24, 2.45) is 17.6 Å². The molecule has 0 saturated heterocycles. The Morgan fingerprint density at radius 1 is 1.11 bits per heavy atom. The van der Waals surface area contributed by atoms with E-state index in [9.17, 15) is 0 Å². The molecule has 1 aliphatic rings. The van der Waals surface area contributed by atoms with E-state index in [1.807, 2.05) is 0 Å². The van der Waals surface area contributed by atoms with Crippen LogP contribution in [0.4, 0.5) is 0 Å². The van der Waals surface area contributed by atoms with Crippen molar-refractivity contribution in [2.75, 3.05) is 6.54 Å². The topological polar surface area (TPSA) is 26.0 Å². The molecule has 0 radical (unpaired) electrons. The Bertz CT molecular complexity index is 346. The summed E-state index contributed by atoms with van der Waals surface area (Å²) in [6.07, 6.45) is 6.78. The van der Waals surface area contributed by atoms with Crippen LogP contribution in [0.2, 0.25) is 0 Å². The fraction of sp³-hybridized carbons (Fsp3) is 0.647. The number of rotatable bonds is 5. The van der Waals surface area contributed by atoms with Crippen molar-refractivity contribution in [1.82, 2.24) is 0 Å². The van der Waals surface area contributed by atoms with Crippen LogP contribution in [-0.2, 0) is 6.42 Å². The Hall–Kier alpha value is -0.820. The van der Waals surface area contributed by atoms with E-state index in [0.717, 1.165) is 12.5 Å². The predicted octanol–water partition coefficient (Wildman–Crippen LogP) is 4.12. The second-order valence-electron chi connectivity index (χ2n) is 6.14. The van der Waals surface area contributed by atoms with Gasteiger partial charge in [-0.25, -0.2) is 0 Å². The van der Waals surface area contributed by atoms with E-state index >= 15 is 0 Å². The molecular formula is C17H27N. The van der Waals surface area contributed by atoms with Gasteiger partial charge in [0.1, 0.15) is 0 Å². The first kappa shape index (κ1) is 13.6. The highest BCUT2D eigenvalue weighted by atomic mass is 14.6. The summed E-state index contributed by atoms with van der Waals surface area (Å²) in [6.45, 7) is 5.34. The molecule has 1 nitrogen and oxygen atoms in total. The number of hydrogen-bond donors (Lipinski definition) is 1. The predicted molar refractivity (Wildman–Crippen MR) is 78.7 cm³/mol. The third-order valence-electron chi connectivity index (χ3n) is 4.51. The molecule has 1 aromatic rings. The van der Waals surface area contributed by atoms with Crippen LogP contribution in [-0.4, -0.2) is 6.54 Å². The highest BCUT2D eigenvalue weighted by Crippen LogP contribution is 2.32. The molecule has 100 valence electrons. The van der Waals surface area contributed by atoms with E-state index in [4.69, 9.17) is 5.73 Å². The Morgan fingerprint density at radius 2 is 1.72 bits per heavy atom. The molecule has 0 amide bonds. The number of nitrogens with two attached hydrogens (primary N) is 1. The molecule has 1 unspecified atom stereocenters. The summed E-state index contributed by atoms with van der Waals surface area (Å²) in [7, 11) is 0. The molecule has 0 aromatic heterocycles. The molecule has 0 spiro atoms. The van der Waals surface area contributed by atoms with Crippen LogP contribution in [0.25, 0.3) is 0 Å². The van der Waals surface area contributed by atoms with Crippen LogP contribution in [0, 0.1) is 11.8 Å². The molecule has 2 N–H and O–H groups in total. The smallest absolute Gasteiger partial charge is 0.00430 e. The Kier molecular flexibility index (Phi) is 4.82. The van der Waals surface area contributed by atoms with Gasteiger partial charge in [0, 0.05) is 0 Å². The van der Waals surface area contributed by atoms with Gasteiger partial charge in [-0.05, 0) is 41.8 Å². The van der Waals surface area contributed by atoms with Crippen LogP contribution in [0.15, 0.2) is 24.3 Å². The maximum absolute atomic E-state index is 5.98. The maximum Gasteiger partial charge on any atom is -0.00430 e. The summed E-state index contributed by atoms with van der Waals surface area (Å²) < 4.78 is 0. The molecule has 1 saturated carbocycles. The van der Waals surface area contributed by atoms with Gasteiger partial charge in [0.25, 0.3) is 0 Å².